The van der Waals surface area contributed by atoms with Crippen molar-refractivity contribution in [1.82, 2.24) is 5.32 Å². The van der Waals surface area contributed by atoms with Crippen molar-refractivity contribution in [3.05, 3.63) is 29.3 Å². The van der Waals surface area contributed by atoms with Crippen LogP contribution in [0.3, 0.4) is 0 Å². The molecule has 0 aromatic heterocycles. The minimum atomic E-state index is 0.0404. The smallest absolute Gasteiger partial charge is 0.188 e. The summed E-state index contributed by atoms with van der Waals surface area (Å²) >= 11 is 0. The van der Waals surface area contributed by atoms with Crippen LogP contribution in [0.4, 0.5) is 0 Å². The number of benzene rings is 1. The van der Waals surface area contributed by atoms with Gasteiger partial charge in [-0.1, -0.05) is 0 Å². The molecule has 1 aromatic carbocycles. The molecule has 4 heteroatoms. The Hall–Kier alpha value is -1.39. The van der Waals surface area contributed by atoms with Gasteiger partial charge in [-0.25, -0.2) is 0 Å². The van der Waals surface area contributed by atoms with Gasteiger partial charge in [0, 0.05) is 5.56 Å². The van der Waals surface area contributed by atoms with E-state index in [4.69, 9.17) is 9.47 Å². The second-order valence-corrected chi connectivity index (χ2v) is 4.86. The van der Waals surface area contributed by atoms with Gasteiger partial charge in [-0.05, 0) is 56.6 Å². The number of carbonyl (C=O) groups excluding carboxylic acids is 1. The molecule has 0 unspecified atom stereocenters. The molecule has 2 rings (SSSR count). The first-order valence-corrected chi connectivity index (χ1v) is 6.71. The zero-order valence-corrected chi connectivity index (χ0v) is 11.6. The summed E-state index contributed by atoms with van der Waals surface area (Å²) in [5.41, 5.74) is 1.65. The Morgan fingerprint density at radius 2 is 2.11 bits per heavy atom. The molecule has 0 bridgehead atoms. The highest BCUT2D eigenvalue weighted by Gasteiger charge is 2.16. The third-order valence-corrected chi connectivity index (χ3v) is 3.47. The topological polar surface area (TPSA) is 47.6 Å². The fourth-order valence-corrected chi connectivity index (χ4v) is 2.31. The van der Waals surface area contributed by atoms with E-state index < -0.39 is 0 Å². The molecule has 4 nitrogen and oxygen atoms in total. The summed E-state index contributed by atoms with van der Waals surface area (Å²) in [6, 6.07) is 5.49. The zero-order valence-electron chi connectivity index (χ0n) is 11.6. The molecule has 0 aliphatic carbocycles. The Morgan fingerprint density at radius 1 is 1.37 bits per heavy atom. The van der Waals surface area contributed by atoms with E-state index in [1.54, 1.807) is 7.11 Å². The molecular weight excluding hydrogens is 242 g/mol. The quantitative estimate of drug-likeness (QED) is 0.825. The number of ketones is 1. The number of aryl methyl sites for hydroxylation is 1. The predicted octanol–water partition coefficient (Wildman–Crippen LogP) is 1.95. The summed E-state index contributed by atoms with van der Waals surface area (Å²) in [6.07, 6.45) is 2.17. The highest BCUT2D eigenvalue weighted by molar-refractivity contribution is 5.98. The maximum atomic E-state index is 12.1. The number of hydrogen-bond donors (Lipinski definition) is 1. The Morgan fingerprint density at radius 3 is 2.74 bits per heavy atom. The van der Waals surface area contributed by atoms with Crippen molar-refractivity contribution in [3.8, 4) is 5.75 Å². The van der Waals surface area contributed by atoms with Crippen LogP contribution in [0.25, 0.3) is 0 Å². The number of hydrogen-bond acceptors (Lipinski definition) is 4. The van der Waals surface area contributed by atoms with Gasteiger partial charge in [0.05, 0.1) is 13.2 Å². The van der Waals surface area contributed by atoms with E-state index in [1.165, 1.54) is 0 Å². The van der Waals surface area contributed by atoms with E-state index in [0.29, 0.717) is 0 Å². The summed E-state index contributed by atoms with van der Waals surface area (Å²) in [7, 11) is 1.62. The molecule has 104 valence electrons. The van der Waals surface area contributed by atoms with Crippen LogP contribution in [0.2, 0.25) is 0 Å². The summed E-state index contributed by atoms with van der Waals surface area (Å²) in [6.45, 7) is 4.03. The Kier molecular flexibility index (Phi) is 4.93. The lowest BCUT2D eigenvalue weighted by Gasteiger charge is -2.22. The first-order chi connectivity index (χ1) is 9.20. The first-order valence-electron chi connectivity index (χ1n) is 6.71. The predicted molar refractivity (Wildman–Crippen MR) is 73.9 cm³/mol. The molecule has 0 radical (unpaired) electrons. The molecule has 1 aliphatic rings. The maximum Gasteiger partial charge on any atom is 0.188 e. The van der Waals surface area contributed by atoms with Crippen molar-refractivity contribution in [2.75, 3.05) is 26.8 Å². The van der Waals surface area contributed by atoms with Gasteiger partial charge >= 0.3 is 0 Å². The molecule has 1 heterocycles. The van der Waals surface area contributed by atoms with Crippen LogP contribution in [0.15, 0.2) is 18.2 Å². The number of carbonyl (C=O) groups is 1. The van der Waals surface area contributed by atoms with Crippen molar-refractivity contribution >= 4 is 5.78 Å². The average molecular weight is 263 g/mol. The normalized spacial score (nSPS) is 16.3. The summed E-state index contributed by atoms with van der Waals surface area (Å²) in [5.74, 6) is 0.812. The largest absolute Gasteiger partial charge is 0.497 e. The molecule has 0 amide bonds. The summed E-state index contributed by atoms with van der Waals surface area (Å²) in [4.78, 5) is 12.1. The van der Waals surface area contributed by atoms with Crippen molar-refractivity contribution in [2.24, 2.45) is 0 Å². The van der Waals surface area contributed by atoms with Gasteiger partial charge in [0.2, 0.25) is 0 Å². The number of piperidine rings is 1. The van der Waals surface area contributed by atoms with Gasteiger partial charge in [0.1, 0.15) is 12.4 Å². The highest BCUT2D eigenvalue weighted by Crippen LogP contribution is 2.18. The number of ether oxygens (including phenoxy) is 2. The van der Waals surface area contributed by atoms with E-state index in [2.05, 4.69) is 5.32 Å². The molecule has 1 aromatic rings. The van der Waals surface area contributed by atoms with E-state index in [-0.39, 0.29) is 18.5 Å². The standard InChI is InChI=1S/C15H21NO3/c1-11-9-13(18-2)3-4-14(11)15(17)10-19-12-5-7-16-8-6-12/h3-4,9,12,16H,5-8,10H2,1-2H3. The van der Waals surface area contributed by atoms with Crippen LogP contribution < -0.4 is 10.1 Å². The molecule has 1 aliphatic heterocycles. The Bertz CT molecular complexity index is 439. The van der Waals surface area contributed by atoms with Crippen LogP contribution in [0, 0.1) is 6.92 Å². The van der Waals surface area contributed by atoms with Crippen LogP contribution in [-0.2, 0) is 4.74 Å². The average Bonchev–Trinajstić information content (AvgIpc) is 2.45. The summed E-state index contributed by atoms with van der Waals surface area (Å²) in [5, 5.41) is 3.28. The minimum Gasteiger partial charge on any atom is -0.497 e. The lowest BCUT2D eigenvalue weighted by molar-refractivity contribution is 0.0317. The molecule has 19 heavy (non-hydrogen) atoms. The fraction of sp³-hybridized carbons (Fsp3) is 0.533. The lowest BCUT2D eigenvalue weighted by atomic mass is 10.0. The monoisotopic (exact) mass is 263 g/mol. The third kappa shape index (κ3) is 3.78. The number of rotatable bonds is 5. The molecule has 0 spiro atoms. The van der Waals surface area contributed by atoms with Crippen molar-refractivity contribution in [1.29, 1.82) is 0 Å². The Labute approximate surface area is 114 Å². The SMILES string of the molecule is COc1ccc(C(=O)COC2CCNCC2)c(C)c1. The van der Waals surface area contributed by atoms with E-state index in [9.17, 15) is 4.79 Å². The third-order valence-electron chi connectivity index (χ3n) is 3.47. The van der Waals surface area contributed by atoms with Crippen molar-refractivity contribution < 1.29 is 14.3 Å². The second-order valence-electron chi connectivity index (χ2n) is 4.86. The first kappa shape index (κ1) is 14.0. The Balaban J connectivity index is 1.92. The molecule has 0 atom stereocenters. The molecule has 1 fully saturated rings. The van der Waals surface area contributed by atoms with Crippen LogP contribution in [0.1, 0.15) is 28.8 Å². The van der Waals surface area contributed by atoms with Crippen LogP contribution in [-0.4, -0.2) is 38.7 Å². The van der Waals surface area contributed by atoms with Crippen molar-refractivity contribution in [3.63, 3.8) is 0 Å². The number of Topliss-reactive ketones (excluding diaryl/α,β-unsaturated/α-hetero) is 1. The van der Waals surface area contributed by atoms with Gasteiger partial charge in [-0.2, -0.15) is 0 Å². The molecular formula is C15H21NO3. The molecule has 1 N–H and O–H groups in total. The van der Waals surface area contributed by atoms with Crippen molar-refractivity contribution in [2.45, 2.75) is 25.9 Å². The van der Waals surface area contributed by atoms with Gasteiger partial charge in [0.15, 0.2) is 5.78 Å². The number of nitrogens with one attached hydrogen (secondary N) is 1. The fourth-order valence-electron chi connectivity index (χ4n) is 2.31. The highest BCUT2D eigenvalue weighted by atomic mass is 16.5. The molecule has 1 saturated heterocycles. The maximum absolute atomic E-state index is 12.1. The zero-order chi connectivity index (χ0) is 13.7. The summed E-state index contributed by atoms with van der Waals surface area (Å²) < 4.78 is 10.8. The van der Waals surface area contributed by atoms with E-state index in [1.807, 2.05) is 25.1 Å². The van der Waals surface area contributed by atoms with Gasteiger partial charge < -0.3 is 14.8 Å². The van der Waals surface area contributed by atoms with Gasteiger partial charge in [0.25, 0.3) is 0 Å². The lowest BCUT2D eigenvalue weighted by Crippen LogP contribution is -2.33. The minimum absolute atomic E-state index is 0.0404. The van der Waals surface area contributed by atoms with Gasteiger partial charge in [-0.15, -0.1) is 0 Å². The van der Waals surface area contributed by atoms with E-state index in [0.717, 1.165) is 42.8 Å². The van der Waals surface area contributed by atoms with Crippen LogP contribution in [0.5, 0.6) is 5.75 Å². The molecule has 0 saturated carbocycles. The van der Waals surface area contributed by atoms with Crippen LogP contribution >= 0.6 is 0 Å². The second kappa shape index (κ2) is 6.68. The van der Waals surface area contributed by atoms with E-state index >= 15 is 0 Å². The number of methoxy groups -OCH3 is 1. The van der Waals surface area contributed by atoms with Gasteiger partial charge in [-0.3, -0.25) is 4.79 Å².